The van der Waals surface area contributed by atoms with Crippen LogP contribution in [-0.2, 0) is 6.54 Å². The third kappa shape index (κ3) is 4.62. The number of rotatable bonds is 8. The number of aromatic carboxylic acids is 1. The van der Waals surface area contributed by atoms with Crippen LogP contribution in [0.25, 0.3) is 10.6 Å². The number of carboxylic acids is 1. The van der Waals surface area contributed by atoms with Gasteiger partial charge in [0.1, 0.15) is 11.6 Å². The zero-order valence-corrected chi connectivity index (χ0v) is 14.8. The first-order chi connectivity index (χ1) is 11.0. The zero-order valence-electron chi connectivity index (χ0n) is 14.0. The van der Waals surface area contributed by atoms with Gasteiger partial charge in [0.25, 0.3) is 0 Å². The first-order valence-corrected chi connectivity index (χ1v) is 8.98. The summed E-state index contributed by atoms with van der Waals surface area (Å²) in [7, 11) is 0. The van der Waals surface area contributed by atoms with E-state index < -0.39 is 5.97 Å². The molecule has 0 saturated carbocycles. The molecule has 1 aromatic carbocycles. The van der Waals surface area contributed by atoms with E-state index in [2.05, 4.69) is 31.0 Å². The van der Waals surface area contributed by atoms with Crippen molar-refractivity contribution in [2.24, 2.45) is 0 Å². The highest BCUT2D eigenvalue weighted by Crippen LogP contribution is 2.28. The van der Waals surface area contributed by atoms with Gasteiger partial charge in [-0.05, 0) is 26.3 Å². The van der Waals surface area contributed by atoms with Crippen molar-refractivity contribution in [3.8, 4) is 10.6 Å². The standard InChI is InChI=1S/C18H24N2O2S/c1-4-6-10-20(5-2)12-14-8-7-9-15(11-14)17-19-13(3)16(23-17)18(21)22/h7-9,11H,4-6,10,12H2,1-3H3,(H,21,22). The smallest absolute Gasteiger partial charge is 0.124 e. The second-order valence-corrected chi connectivity index (χ2v) is 6.80. The van der Waals surface area contributed by atoms with E-state index >= 15 is 0 Å². The Hall–Kier alpha value is -1.72. The van der Waals surface area contributed by atoms with Gasteiger partial charge in [0.15, 0.2) is 0 Å². The molecule has 0 spiro atoms. The summed E-state index contributed by atoms with van der Waals surface area (Å²) in [6.07, 6.45) is 2.46. The Balaban J connectivity index is 2.19. The van der Waals surface area contributed by atoms with Crippen LogP contribution >= 0.6 is 11.3 Å². The summed E-state index contributed by atoms with van der Waals surface area (Å²) < 4.78 is 0. The van der Waals surface area contributed by atoms with Gasteiger partial charge in [0, 0.05) is 11.1 Å². The lowest BCUT2D eigenvalue weighted by Gasteiger charge is -2.17. The highest BCUT2D eigenvalue weighted by molar-refractivity contribution is 7.17. The van der Waals surface area contributed by atoms with E-state index in [0.29, 0.717) is 5.69 Å². The number of thiazole rings is 1. The van der Waals surface area contributed by atoms with Crippen LogP contribution in [0.3, 0.4) is 0 Å². The molecule has 0 bridgehead atoms. The molecule has 0 radical (unpaired) electrons. The summed E-state index contributed by atoms with van der Waals surface area (Å²) in [5, 5.41) is 11.8. The molecule has 0 aliphatic rings. The Kier molecular flexibility index (Phi) is 6.30. The van der Waals surface area contributed by atoms with E-state index in [4.69, 9.17) is 0 Å². The number of aryl methyl sites for hydroxylation is 1. The quantitative estimate of drug-likeness (QED) is 0.800. The van der Waals surface area contributed by atoms with Crippen molar-refractivity contribution in [2.75, 3.05) is 13.1 Å². The first-order valence-electron chi connectivity index (χ1n) is 8.16. The molecule has 0 saturated heterocycles. The number of quaternary nitrogens is 1. The third-order valence-electron chi connectivity index (χ3n) is 3.99. The summed E-state index contributed by atoms with van der Waals surface area (Å²) in [4.78, 5) is 17.2. The number of carbonyl (C=O) groups is 1. The number of carboxylic acid groups (broad SMARTS) is 1. The van der Waals surface area contributed by atoms with Crippen LogP contribution in [0.15, 0.2) is 24.3 Å². The minimum Gasteiger partial charge on any atom is -0.544 e. The van der Waals surface area contributed by atoms with Gasteiger partial charge >= 0.3 is 0 Å². The lowest BCUT2D eigenvalue weighted by molar-refractivity contribution is -0.912. The molecule has 1 aromatic heterocycles. The third-order valence-corrected chi connectivity index (χ3v) is 5.18. The molecule has 1 unspecified atom stereocenters. The topological polar surface area (TPSA) is 57.5 Å². The Morgan fingerprint density at radius 2 is 2.13 bits per heavy atom. The van der Waals surface area contributed by atoms with Gasteiger partial charge in [-0.25, -0.2) is 4.98 Å². The maximum Gasteiger partial charge on any atom is 0.124 e. The van der Waals surface area contributed by atoms with Gasteiger partial charge in [-0.1, -0.05) is 31.5 Å². The second-order valence-electron chi connectivity index (χ2n) is 5.81. The summed E-state index contributed by atoms with van der Waals surface area (Å²) in [5.74, 6) is -1.15. The lowest BCUT2D eigenvalue weighted by atomic mass is 10.1. The summed E-state index contributed by atoms with van der Waals surface area (Å²) >= 11 is 1.19. The van der Waals surface area contributed by atoms with Crippen molar-refractivity contribution in [1.29, 1.82) is 0 Å². The Bertz CT molecular complexity index is 667. The first kappa shape index (κ1) is 17.6. The van der Waals surface area contributed by atoms with E-state index in [0.717, 1.165) is 23.7 Å². The van der Waals surface area contributed by atoms with E-state index in [1.165, 1.54) is 36.3 Å². The number of carbonyl (C=O) groups excluding carboxylic acids is 1. The fourth-order valence-corrected chi connectivity index (χ4v) is 3.53. The maximum atomic E-state index is 11.1. The molecule has 0 aliphatic carbocycles. The van der Waals surface area contributed by atoms with Crippen LogP contribution in [0.2, 0.25) is 0 Å². The molecule has 0 fully saturated rings. The second kappa shape index (κ2) is 8.22. The molecule has 5 heteroatoms. The number of hydrogen-bond acceptors (Lipinski definition) is 4. The number of nitrogens with one attached hydrogen (secondary N) is 1. The van der Waals surface area contributed by atoms with E-state index in [1.807, 2.05) is 12.1 Å². The van der Waals surface area contributed by atoms with Gasteiger partial charge in [-0.2, -0.15) is 0 Å². The largest absolute Gasteiger partial charge is 0.544 e. The predicted molar refractivity (Wildman–Crippen MR) is 91.6 cm³/mol. The molecule has 1 atom stereocenters. The normalized spacial score (nSPS) is 12.3. The number of unbranched alkanes of at least 4 members (excludes halogenated alkanes) is 1. The van der Waals surface area contributed by atoms with Crippen molar-refractivity contribution >= 4 is 17.3 Å². The van der Waals surface area contributed by atoms with Gasteiger partial charge in [-0.15, -0.1) is 11.3 Å². The van der Waals surface area contributed by atoms with Crippen LogP contribution in [0.5, 0.6) is 0 Å². The van der Waals surface area contributed by atoms with E-state index in [1.54, 1.807) is 11.8 Å². The zero-order chi connectivity index (χ0) is 16.8. The average Bonchev–Trinajstić information content (AvgIpc) is 2.94. The van der Waals surface area contributed by atoms with Crippen molar-refractivity contribution in [3.05, 3.63) is 40.4 Å². The highest BCUT2D eigenvalue weighted by atomic mass is 32.1. The number of benzene rings is 1. The molecular weight excluding hydrogens is 308 g/mol. The Labute approximate surface area is 141 Å². The van der Waals surface area contributed by atoms with Crippen LogP contribution in [0.4, 0.5) is 0 Å². The molecule has 2 rings (SSSR count). The molecule has 1 heterocycles. The molecule has 0 amide bonds. The summed E-state index contributed by atoms with van der Waals surface area (Å²) in [5.41, 5.74) is 2.77. The monoisotopic (exact) mass is 332 g/mol. The van der Waals surface area contributed by atoms with Crippen molar-refractivity contribution < 1.29 is 14.8 Å². The minimum absolute atomic E-state index is 0.217. The lowest BCUT2D eigenvalue weighted by Crippen LogP contribution is -3.10. The van der Waals surface area contributed by atoms with Gasteiger partial charge < -0.3 is 14.8 Å². The minimum atomic E-state index is -1.15. The molecule has 0 aliphatic heterocycles. The average molecular weight is 332 g/mol. The Morgan fingerprint density at radius 3 is 2.74 bits per heavy atom. The molecule has 4 nitrogen and oxygen atoms in total. The van der Waals surface area contributed by atoms with Crippen LogP contribution in [0, 0.1) is 6.92 Å². The molecule has 124 valence electrons. The molecule has 2 aromatic rings. The summed E-state index contributed by atoms with van der Waals surface area (Å²) in [6, 6.07) is 8.26. The SMILES string of the molecule is CCCC[NH+](CC)Cc1cccc(-c2nc(C)c(C(=O)[O-])s2)c1. The number of aromatic nitrogens is 1. The predicted octanol–water partition coefficient (Wildman–Crippen LogP) is 1.69. The maximum absolute atomic E-state index is 11.1. The van der Waals surface area contributed by atoms with Gasteiger partial charge in [-0.3, -0.25) is 0 Å². The Morgan fingerprint density at radius 1 is 1.35 bits per heavy atom. The van der Waals surface area contributed by atoms with Crippen molar-refractivity contribution in [3.63, 3.8) is 0 Å². The summed E-state index contributed by atoms with van der Waals surface area (Å²) in [6.45, 7) is 9.42. The van der Waals surface area contributed by atoms with E-state index in [-0.39, 0.29) is 4.88 Å². The number of nitrogens with zero attached hydrogens (tertiary/aromatic N) is 1. The molecule has 23 heavy (non-hydrogen) atoms. The van der Waals surface area contributed by atoms with E-state index in [9.17, 15) is 9.90 Å². The van der Waals surface area contributed by atoms with Crippen molar-refractivity contribution in [1.82, 2.24) is 4.98 Å². The van der Waals surface area contributed by atoms with Crippen LogP contribution < -0.4 is 10.0 Å². The van der Waals surface area contributed by atoms with Crippen LogP contribution in [-0.4, -0.2) is 24.0 Å². The fraction of sp³-hybridized carbons (Fsp3) is 0.444. The van der Waals surface area contributed by atoms with Crippen molar-refractivity contribution in [2.45, 2.75) is 40.2 Å². The van der Waals surface area contributed by atoms with Crippen LogP contribution in [0.1, 0.15) is 47.6 Å². The van der Waals surface area contributed by atoms with Gasteiger partial charge in [0.2, 0.25) is 0 Å². The molecular formula is C18H24N2O2S. The molecule has 1 N–H and O–H groups in total. The highest BCUT2D eigenvalue weighted by Gasteiger charge is 2.12. The number of hydrogen-bond donors (Lipinski definition) is 1. The van der Waals surface area contributed by atoms with Gasteiger partial charge in [0.05, 0.1) is 29.6 Å². The fourth-order valence-electron chi connectivity index (χ4n) is 2.63.